The maximum Gasteiger partial charge on any atom is 0.305 e. The zero-order valence-electron chi connectivity index (χ0n) is 19.9. The number of hydrogen-bond acceptors (Lipinski definition) is 7. The van der Waals surface area contributed by atoms with Crippen molar-refractivity contribution < 1.29 is 23.1 Å². The highest BCUT2D eigenvalue weighted by molar-refractivity contribution is 7.91. The van der Waals surface area contributed by atoms with Gasteiger partial charge in [0.2, 0.25) is 5.91 Å². The first-order valence-electron chi connectivity index (χ1n) is 11.7. The number of carboxylic acids is 1. The number of fused-ring (bicyclic) bond motifs is 1. The number of halogens is 1. The molecule has 3 aromatic rings. The molecule has 2 aliphatic rings. The van der Waals surface area contributed by atoms with E-state index in [1.807, 2.05) is 31.2 Å². The van der Waals surface area contributed by atoms with Crippen LogP contribution < -0.4 is 5.32 Å². The molecule has 2 unspecified atom stereocenters. The second kappa shape index (κ2) is 10.1. The van der Waals surface area contributed by atoms with Crippen LogP contribution in [0, 0.1) is 0 Å². The van der Waals surface area contributed by atoms with Crippen LogP contribution in [0.2, 0.25) is 5.02 Å². The predicted octanol–water partition coefficient (Wildman–Crippen LogP) is 3.17. The Hall–Kier alpha value is -2.99. The number of amidine groups is 1. The molecular formula is C25H25ClN4O5S2. The molecule has 1 saturated heterocycles. The van der Waals surface area contributed by atoms with Crippen molar-refractivity contribution in [1.29, 1.82) is 0 Å². The van der Waals surface area contributed by atoms with Crippen molar-refractivity contribution in [3.05, 3.63) is 64.7 Å². The van der Waals surface area contributed by atoms with Crippen LogP contribution in [0.5, 0.6) is 0 Å². The zero-order chi connectivity index (χ0) is 26.3. The molecule has 0 aliphatic carbocycles. The average Bonchev–Trinajstić information content (AvgIpc) is 3.48. The van der Waals surface area contributed by atoms with Gasteiger partial charge in [-0.05, 0) is 36.1 Å². The quantitative estimate of drug-likeness (QED) is 0.458. The van der Waals surface area contributed by atoms with E-state index in [1.54, 1.807) is 18.2 Å². The lowest BCUT2D eigenvalue weighted by molar-refractivity contribution is -0.147. The van der Waals surface area contributed by atoms with Crippen LogP contribution in [0.1, 0.15) is 24.5 Å². The molecule has 9 nitrogen and oxygen atoms in total. The van der Waals surface area contributed by atoms with E-state index in [4.69, 9.17) is 11.6 Å². The van der Waals surface area contributed by atoms with Gasteiger partial charge in [0.15, 0.2) is 0 Å². The molecule has 0 radical (unpaired) electrons. The minimum Gasteiger partial charge on any atom is -0.481 e. The molecule has 5 rings (SSSR count). The molecule has 2 N–H and O–H groups in total. The van der Waals surface area contributed by atoms with Crippen molar-refractivity contribution in [2.75, 3.05) is 19.6 Å². The number of rotatable bonds is 7. The molecule has 3 heterocycles. The standard InChI is InChI=1S/C25H25ClN4O5S2/c1-15-13-27-24(28-15)17-4-2-16(3-5-17)14-29-8-9-30(20(25(29)33)12-22(31)32)37(34,35)23-10-18-6-7-19(26)11-21(18)36-23/h2-7,10-11,15,20H,8-9,12-14H2,1H3,(H,27,28)(H,31,32). The van der Waals surface area contributed by atoms with E-state index < -0.39 is 34.4 Å². The topological polar surface area (TPSA) is 119 Å². The summed E-state index contributed by atoms with van der Waals surface area (Å²) in [4.78, 5) is 31.1. The van der Waals surface area contributed by atoms with Crippen LogP contribution in [0.4, 0.5) is 0 Å². The summed E-state index contributed by atoms with van der Waals surface area (Å²) in [6.07, 6.45) is -0.617. The number of piperazine rings is 1. The number of carboxylic acid groups (broad SMARTS) is 1. The van der Waals surface area contributed by atoms with Crippen LogP contribution in [0.3, 0.4) is 0 Å². The van der Waals surface area contributed by atoms with E-state index in [2.05, 4.69) is 10.3 Å². The van der Waals surface area contributed by atoms with Gasteiger partial charge in [-0.15, -0.1) is 11.3 Å². The Kier molecular flexibility index (Phi) is 6.97. The van der Waals surface area contributed by atoms with Gasteiger partial charge in [-0.2, -0.15) is 4.31 Å². The van der Waals surface area contributed by atoms with Crippen LogP contribution in [-0.2, 0) is 26.2 Å². The number of nitrogens with zero attached hydrogens (tertiary/aromatic N) is 3. The van der Waals surface area contributed by atoms with Crippen molar-refractivity contribution in [2.45, 2.75) is 36.2 Å². The number of carbonyl (C=O) groups excluding carboxylic acids is 1. The summed E-state index contributed by atoms with van der Waals surface area (Å²) >= 11 is 7.09. The zero-order valence-corrected chi connectivity index (χ0v) is 22.3. The van der Waals surface area contributed by atoms with E-state index in [-0.39, 0.29) is 29.9 Å². The molecule has 1 fully saturated rings. The van der Waals surface area contributed by atoms with Gasteiger partial charge in [0.1, 0.15) is 16.1 Å². The van der Waals surface area contributed by atoms with Crippen LogP contribution >= 0.6 is 22.9 Å². The summed E-state index contributed by atoms with van der Waals surface area (Å²) in [6, 6.07) is 13.1. The minimum atomic E-state index is -4.10. The van der Waals surface area contributed by atoms with E-state index in [1.165, 1.54) is 11.0 Å². The van der Waals surface area contributed by atoms with Crippen molar-refractivity contribution in [3.8, 4) is 0 Å². The van der Waals surface area contributed by atoms with Crippen LogP contribution in [0.15, 0.2) is 57.7 Å². The average molecular weight is 561 g/mol. The summed E-state index contributed by atoms with van der Waals surface area (Å²) in [5, 5.41) is 13.9. The summed E-state index contributed by atoms with van der Waals surface area (Å²) < 4.78 is 28.9. The molecule has 0 bridgehead atoms. The third-order valence-electron chi connectivity index (χ3n) is 6.44. The van der Waals surface area contributed by atoms with E-state index in [9.17, 15) is 23.1 Å². The molecule has 2 aliphatic heterocycles. The number of thiophene rings is 1. The first-order valence-corrected chi connectivity index (χ1v) is 14.4. The van der Waals surface area contributed by atoms with Gasteiger partial charge < -0.3 is 15.3 Å². The second-order valence-electron chi connectivity index (χ2n) is 9.14. The fourth-order valence-electron chi connectivity index (χ4n) is 4.56. The first-order chi connectivity index (χ1) is 17.6. The Labute approximate surface area is 223 Å². The molecule has 37 heavy (non-hydrogen) atoms. The Morgan fingerprint density at radius 3 is 2.62 bits per heavy atom. The fraction of sp³-hybridized carbons (Fsp3) is 0.320. The number of sulfonamides is 1. The number of aliphatic carboxylic acids is 1. The Bertz CT molecular complexity index is 1500. The molecule has 0 saturated carbocycles. The van der Waals surface area contributed by atoms with E-state index in [0.29, 0.717) is 15.1 Å². The van der Waals surface area contributed by atoms with Crippen LogP contribution in [0.25, 0.3) is 10.1 Å². The lowest BCUT2D eigenvalue weighted by Gasteiger charge is -2.39. The Balaban J connectivity index is 1.36. The molecular weight excluding hydrogens is 536 g/mol. The maximum absolute atomic E-state index is 13.6. The largest absolute Gasteiger partial charge is 0.481 e. The molecule has 2 aromatic carbocycles. The lowest BCUT2D eigenvalue weighted by atomic mass is 10.1. The maximum atomic E-state index is 13.6. The number of hydrogen-bond donors (Lipinski definition) is 2. The van der Waals surface area contributed by atoms with Crippen molar-refractivity contribution in [3.63, 3.8) is 0 Å². The Morgan fingerprint density at radius 2 is 1.95 bits per heavy atom. The van der Waals surface area contributed by atoms with Gasteiger partial charge in [-0.3, -0.25) is 14.6 Å². The molecule has 0 spiro atoms. The number of benzene rings is 2. The van der Waals surface area contributed by atoms with E-state index in [0.717, 1.165) is 39.1 Å². The number of aliphatic imine (C=N–C) groups is 1. The summed E-state index contributed by atoms with van der Waals surface area (Å²) in [6.45, 7) is 3.22. The first kappa shape index (κ1) is 25.7. The van der Waals surface area contributed by atoms with Gasteiger partial charge in [-0.25, -0.2) is 8.42 Å². The third kappa shape index (κ3) is 5.22. The smallest absolute Gasteiger partial charge is 0.305 e. The highest BCUT2D eigenvalue weighted by Gasteiger charge is 2.43. The number of amides is 1. The van der Waals surface area contributed by atoms with Crippen molar-refractivity contribution >= 4 is 60.8 Å². The normalized spacial score (nSPS) is 20.8. The SMILES string of the molecule is CC1CNC(c2ccc(CN3CCN(S(=O)(=O)c4cc5ccc(Cl)cc5s4)C(CC(=O)O)C3=O)cc2)=N1. The summed E-state index contributed by atoms with van der Waals surface area (Å²) in [7, 11) is -4.10. The Morgan fingerprint density at radius 1 is 1.19 bits per heavy atom. The van der Waals surface area contributed by atoms with Gasteiger partial charge in [-0.1, -0.05) is 41.9 Å². The van der Waals surface area contributed by atoms with Gasteiger partial charge in [0.25, 0.3) is 10.0 Å². The molecule has 12 heteroatoms. The highest BCUT2D eigenvalue weighted by Crippen LogP contribution is 2.34. The second-order valence-corrected chi connectivity index (χ2v) is 12.8. The fourth-order valence-corrected chi connectivity index (χ4v) is 7.94. The van der Waals surface area contributed by atoms with Crippen molar-refractivity contribution in [1.82, 2.24) is 14.5 Å². The van der Waals surface area contributed by atoms with Crippen molar-refractivity contribution in [2.24, 2.45) is 4.99 Å². The van der Waals surface area contributed by atoms with E-state index >= 15 is 0 Å². The van der Waals surface area contributed by atoms with Gasteiger partial charge in [0.05, 0.1) is 12.5 Å². The molecule has 1 aromatic heterocycles. The predicted molar refractivity (Wildman–Crippen MR) is 143 cm³/mol. The summed E-state index contributed by atoms with van der Waals surface area (Å²) in [5.41, 5.74) is 1.80. The lowest BCUT2D eigenvalue weighted by Crippen LogP contribution is -2.58. The third-order valence-corrected chi connectivity index (χ3v) is 10.1. The highest BCUT2D eigenvalue weighted by atomic mass is 35.5. The summed E-state index contributed by atoms with van der Waals surface area (Å²) in [5.74, 6) is -0.938. The molecule has 1 amide bonds. The minimum absolute atomic E-state index is 0.00226. The van der Waals surface area contributed by atoms with Crippen LogP contribution in [-0.4, -0.2) is 72.2 Å². The monoisotopic (exact) mass is 560 g/mol. The molecule has 2 atom stereocenters. The van der Waals surface area contributed by atoms with Gasteiger partial charge in [0, 0.05) is 41.5 Å². The van der Waals surface area contributed by atoms with Gasteiger partial charge >= 0.3 is 5.97 Å². The number of carbonyl (C=O) groups is 2. The molecule has 194 valence electrons. The number of nitrogens with one attached hydrogen (secondary N) is 1.